The number of hydrogen-bond donors (Lipinski definition) is 0. The fraction of sp³-hybridized carbons (Fsp3) is 0.480. The largest absolute Gasteiger partial charge is 0.417 e. The molecule has 2 aromatic rings. The molecule has 1 aromatic heterocycles. The number of rotatable bonds is 6. The molecule has 0 spiro atoms. The van der Waals surface area contributed by atoms with Crippen LogP contribution in [0.25, 0.3) is 0 Å². The minimum atomic E-state index is -0.280. The highest BCUT2D eigenvalue weighted by molar-refractivity contribution is 7.99. The Kier molecular flexibility index (Phi) is 7.14. The maximum atomic E-state index is 11.6. The monoisotopic (exact) mass is 410 g/mol. The summed E-state index contributed by atoms with van der Waals surface area (Å²) in [5.74, 6) is 8.06. The first kappa shape index (κ1) is 21.6. The van der Waals surface area contributed by atoms with Gasteiger partial charge in [0.25, 0.3) is 5.95 Å². The van der Waals surface area contributed by atoms with E-state index in [9.17, 15) is 4.79 Å². The average Bonchev–Trinajstić information content (AvgIpc) is 3.18. The van der Waals surface area contributed by atoms with Crippen LogP contribution in [0.2, 0.25) is 0 Å². The lowest BCUT2D eigenvalue weighted by Crippen LogP contribution is -2.29. The molecule has 1 aliphatic heterocycles. The van der Waals surface area contributed by atoms with Gasteiger partial charge >= 0.3 is 5.97 Å². The predicted octanol–water partition coefficient (Wildman–Crippen LogP) is 6.50. The predicted molar refractivity (Wildman–Crippen MR) is 119 cm³/mol. The van der Waals surface area contributed by atoms with Crippen LogP contribution in [0.1, 0.15) is 82.2 Å². The second-order valence-electron chi connectivity index (χ2n) is 7.54. The van der Waals surface area contributed by atoms with Crippen LogP contribution >= 0.6 is 11.8 Å². The Hall–Kier alpha value is -2.12. The van der Waals surface area contributed by atoms with Crippen LogP contribution in [0, 0.1) is 11.8 Å². The maximum Gasteiger partial charge on any atom is 0.313 e. The molecule has 0 N–H and O–H groups in total. The summed E-state index contributed by atoms with van der Waals surface area (Å²) in [7, 11) is 0. The van der Waals surface area contributed by atoms with E-state index in [2.05, 4.69) is 44.7 Å². The number of esters is 1. The third-order valence-electron chi connectivity index (χ3n) is 5.92. The van der Waals surface area contributed by atoms with Crippen LogP contribution in [-0.2, 0) is 16.6 Å². The Morgan fingerprint density at radius 3 is 2.66 bits per heavy atom. The molecule has 4 heteroatoms. The summed E-state index contributed by atoms with van der Waals surface area (Å²) in [5, 5.41) is 0. The highest BCUT2D eigenvalue weighted by atomic mass is 32.2. The van der Waals surface area contributed by atoms with E-state index in [-0.39, 0.29) is 17.3 Å². The van der Waals surface area contributed by atoms with Gasteiger partial charge in [-0.25, -0.2) is 0 Å². The van der Waals surface area contributed by atoms with E-state index in [4.69, 9.17) is 9.15 Å². The van der Waals surface area contributed by atoms with E-state index < -0.39 is 0 Å². The molecule has 3 nitrogen and oxygen atoms in total. The highest BCUT2D eigenvalue weighted by Crippen LogP contribution is 2.46. The standard InChI is InChI=1S/C25H30O3S/c1-5-9-23(26)28-24-13-12-20(27-24)11-10-19-16-21-22(17-18(19)6-2)29-15-14-25(21,7-3)8-4/h12-13,16-17H,5-9,14-15H2,1-4H3. The first-order valence-electron chi connectivity index (χ1n) is 10.7. The first-order valence-corrected chi connectivity index (χ1v) is 11.7. The summed E-state index contributed by atoms with van der Waals surface area (Å²) in [6.45, 7) is 8.71. The molecule has 2 heterocycles. The molecule has 29 heavy (non-hydrogen) atoms. The summed E-state index contributed by atoms with van der Waals surface area (Å²) in [6, 6.07) is 8.06. The third kappa shape index (κ3) is 4.73. The minimum Gasteiger partial charge on any atom is -0.417 e. The number of carbonyl (C=O) groups is 1. The summed E-state index contributed by atoms with van der Waals surface area (Å²) in [4.78, 5) is 13.0. The molecule has 0 saturated heterocycles. The Morgan fingerprint density at radius 1 is 1.17 bits per heavy atom. The number of benzene rings is 1. The second kappa shape index (κ2) is 9.59. The van der Waals surface area contributed by atoms with Crippen molar-refractivity contribution in [2.75, 3.05) is 5.75 Å². The van der Waals surface area contributed by atoms with Crippen molar-refractivity contribution in [3.63, 3.8) is 0 Å². The highest BCUT2D eigenvalue weighted by Gasteiger charge is 2.34. The van der Waals surface area contributed by atoms with E-state index in [0.717, 1.165) is 31.2 Å². The molecule has 0 aliphatic carbocycles. The van der Waals surface area contributed by atoms with Gasteiger partial charge in [0.05, 0.1) is 0 Å². The van der Waals surface area contributed by atoms with Crippen molar-refractivity contribution in [1.82, 2.24) is 0 Å². The van der Waals surface area contributed by atoms with Crippen LogP contribution in [0.3, 0.4) is 0 Å². The van der Waals surface area contributed by atoms with Crippen molar-refractivity contribution in [1.29, 1.82) is 0 Å². The van der Waals surface area contributed by atoms with Crippen molar-refractivity contribution in [3.05, 3.63) is 46.7 Å². The number of thioether (sulfide) groups is 1. The van der Waals surface area contributed by atoms with Gasteiger partial charge in [-0.3, -0.25) is 4.79 Å². The molecule has 1 aromatic carbocycles. The zero-order valence-electron chi connectivity index (χ0n) is 17.9. The van der Waals surface area contributed by atoms with Crippen molar-refractivity contribution in [2.24, 2.45) is 0 Å². The van der Waals surface area contributed by atoms with Gasteiger partial charge in [0.2, 0.25) is 0 Å². The summed E-state index contributed by atoms with van der Waals surface area (Å²) in [6.07, 6.45) is 5.60. The van der Waals surface area contributed by atoms with Gasteiger partial charge in [0, 0.05) is 22.9 Å². The van der Waals surface area contributed by atoms with E-state index in [0.29, 0.717) is 12.2 Å². The van der Waals surface area contributed by atoms with Gasteiger partial charge in [-0.15, -0.1) is 11.8 Å². The molecule has 0 saturated carbocycles. The van der Waals surface area contributed by atoms with E-state index in [1.165, 1.54) is 28.2 Å². The smallest absolute Gasteiger partial charge is 0.313 e. The lowest BCUT2D eigenvalue weighted by molar-refractivity contribution is -0.135. The maximum absolute atomic E-state index is 11.6. The van der Waals surface area contributed by atoms with Crippen molar-refractivity contribution in [3.8, 4) is 17.8 Å². The van der Waals surface area contributed by atoms with Crippen LogP contribution in [-0.4, -0.2) is 11.7 Å². The van der Waals surface area contributed by atoms with Crippen molar-refractivity contribution in [2.45, 2.75) is 76.5 Å². The zero-order chi connectivity index (χ0) is 20.9. The Balaban J connectivity index is 1.91. The lowest BCUT2D eigenvalue weighted by atomic mass is 9.72. The molecule has 0 amide bonds. The second-order valence-corrected chi connectivity index (χ2v) is 8.67. The fourth-order valence-corrected chi connectivity index (χ4v) is 5.35. The van der Waals surface area contributed by atoms with Gasteiger partial charge in [0.1, 0.15) is 0 Å². The van der Waals surface area contributed by atoms with Crippen LogP contribution < -0.4 is 4.74 Å². The van der Waals surface area contributed by atoms with Crippen LogP contribution in [0.15, 0.2) is 33.6 Å². The third-order valence-corrected chi connectivity index (χ3v) is 6.98. The molecule has 0 radical (unpaired) electrons. The number of fused-ring (bicyclic) bond motifs is 1. The van der Waals surface area contributed by atoms with Crippen LogP contribution in [0.4, 0.5) is 0 Å². The first-order chi connectivity index (χ1) is 14.0. The fourth-order valence-electron chi connectivity index (χ4n) is 3.98. The Labute approximate surface area is 178 Å². The molecule has 154 valence electrons. The molecule has 0 unspecified atom stereocenters. The number of aryl methyl sites for hydroxylation is 1. The SMILES string of the molecule is CCCC(=O)Oc1ccc(C#Cc2cc3c(cc2CC)SCCC3(CC)CC)o1. The molecular weight excluding hydrogens is 380 g/mol. The van der Waals surface area contributed by atoms with E-state index in [1.807, 2.05) is 18.7 Å². The van der Waals surface area contributed by atoms with Gasteiger partial charge < -0.3 is 9.15 Å². The quantitative estimate of drug-likeness (QED) is 0.402. The molecule has 1 aliphatic rings. The number of ether oxygens (including phenoxy) is 1. The normalized spacial score (nSPS) is 14.6. The minimum absolute atomic E-state index is 0.210. The molecule has 0 atom stereocenters. The molecule has 0 fully saturated rings. The van der Waals surface area contributed by atoms with Crippen molar-refractivity contribution < 1.29 is 13.9 Å². The lowest BCUT2D eigenvalue weighted by Gasteiger charge is -2.38. The Bertz CT molecular complexity index is 925. The topological polar surface area (TPSA) is 39.4 Å². The van der Waals surface area contributed by atoms with Crippen LogP contribution in [0.5, 0.6) is 5.95 Å². The average molecular weight is 411 g/mol. The number of hydrogen-bond acceptors (Lipinski definition) is 4. The zero-order valence-corrected chi connectivity index (χ0v) is 18.7. The van der Waals surface area contributed by atoms with E-state index >= 15 is 0 Å². The summed E-state index contributed by atoms with van der Waals surface area (Å²) >= 11 is 1.97. The Morgan fingerprint density at radius 2 is 1.97 bits per heavy atom. The van der Waals surface area contributed by atoms with E-state index in [1.54, 1.807) is 12.1 Å². The van der Waals surface area contributed by atoms with Gasteiger partial charge in [-0.2, -0.15) is 0 Å². The van der Waals surface area contributed by atoms with Gasteiger partial charge in [-0.05, 0) is 78.5 Å². The molecule has 3 rings (SSSR count). The molecule has 0 bridgehead atoms. The van der Waals surface area contributed by atoms with Crippen molar-refractivity contribution >= 4 is 17.7 Å². The summed E-state index contributed by atoms with van der Waals surface area (Å²) in [5.41, 5.74) is 4.05. The number of furan rings is 1. The number of carbonyl (C=O) groups excluding carboxylic acids is 1. The van der Waals surface area contributed by atoms with Gasteiger partial charge in [-0.1, -0.05) is 33.6 Å². The van der Waals surface area contributed by atoms with Gasteiger partial charge in [0.15, 0.2) is 5.76 Å². The molecular formula is C25H30O3S. The summed E-state index contributed by atoms with van der Waals surface area (Å²) < 4.78 is 10.8.